The van der Waals surface area contributed by atoms with Crippen LogP contribution < -0.4 is 0 Å². The third kappa shape index (κ3) is 1.53. The molecule has 4 rings (SSSR count). The van der Waals surface area contributed by atoms with Gasteiger partial charge in [0.25, 0.3) is 0 Å². The predicted octanol–water partition coefficient (Wildman–Crippen LogP) is 4.25. The zero-order valence-electron chi connectivity index (χ0n) is 11.5. The van der Waals surface area contributed by atoms with Gasteiger partial charge in [-0.05, 0) is 23.4 Å². The van der Waals surface area contributed by atoms with Crippen LogP contribution in [0.5, 0.6) is 0 Å². The molecule has 0 fully saturated rings. The molecule has 2 heteroatoms. The maximum atomic E-state index is 12.7. The van der Waals surface area contributed by atoms with Crippen molar-refractivity contribution in [1.29, 1.82) is 0 Å². The van der Waals surface area contributed by atoms with Crippen LogP contribution in [0, 0.1) is 0 Å². The Morgan fingerprint density at radius 2 is 1.48 bits per heavy atom. The molecule has 0 unspecified atom stereocenters. The molecule has 0 heterocycles. The van der Waals surface area contributed by atoms with Crippen molar-refractivity contribution in [3.8, 4) is 11.1 Å². The van der Waals surface area contributed by atoms with Crippen molar-refractivity contribution in [1.82, 2.24) is 0 Å². The largest absolute Gasteiger partial charge is 0.294 e. The van der Waals surface area contributed by atoms with Crippen molar-refractivity contribution in [2.75, 3.05) is 0 Å². The molecule has 0 aromatic heterocycles. The second-order valence-electron chi connectivity index (χ2n) is 5.32. The Kier molecular flexibility index (Phi) is 2.36. The van der Waals surface area contributed by atoms with Crippen molar-refractivity contribution in [3.63, 3.8) is 0 Å². The van der Waals surface area contributed by atoms with Crippen LogP contribution in [0.1, 0.15) is 33.2 Å². The van der Waals surface area contributed by atoms with Crippen molar-refractivity contribution in [2.24, 2.45) is 0 Å². The van der Waals surface area contributed by atoms with E-state index >= 15 is 0 Å². The number of benzene rings is 3. The molecule has 21 heavy (non-hydrogen) atoms. The fourth-order valence-electron chi connectivity index (χ4n) is 3.19. The van der Waals surface area contributed by atoms with Gasteiger partial charge in [0.05, 0.1) is 0 Å². The quantitative estimate of drug-likeness (QED) is 0.485. The van der Waals surface area contributed by atoms with Gasteiger partial charge >= 0.3 is 0 Å². The van der Waals surface area contributed by atoms with Crippen molar-refractivity contribution >= 4 is 22.3 Å². The molecule has 0 aliphatic heterocycles. The van der Waals surface area contributed by atoms with E-state index < -0.39 is 0 Å². The second kappa shape index (κ2) is 4.13. The van der Waals surface area contributed by atoms with Gasteiger partial charge in [-0.1, -0.05) is 54.6 Å². The van der Waals surface area contributed by atoms with Crippen LogP contribution in [-0.4, -0.2) is 11.6 Å². The predicted molar refractivity (Wildman–Crippen MR) is 82.8 cm³/mol. The molecule has 1 aliphatic carbocycles. The monoisotopic (exact) mass is 272 g/mol. The minimum absolute atomic E-state index is 0.0185. The van der Waals surface area contributed by atoms with E-state index in [0.29, 0.717) is 11.1 Å². The Morgan fingerprint density at radius 3 is 2.24 bits per heavy atom. The smallest absolute Gasteiger partial charge is 0.194 e. The van der Waals surface area contributed by atoms with Crippen LogP contribution in [0.2, 0.25) is 0 Å². The Hall–Kier alpha value is -2.74. The van der Waals surface area contributed by atoms with Crippen molar-refractivity contribution in [3.05, 3.63) is 71.3 Å². The van der Waals surface area contributed by atoms with E-state index in [1.165, 1.54) is 0 Å². The van der Waals surface area contributed by atoms with Gasteiger partial charge in [-0.25, -0.2) is 0 Å². The molecular weight excluding hydrogens is 260 g/mol. The maximum Gasteiger partial charge on any atom is 0.194 e. The van der Waals surface area contributed by atoms with E-state index in [1.54, 1.807) is 6.92 Å². The van der Waals surface area contributed by atoms with Gasteiger partial charge in [0.15, 0.2) is 11.6 Å². The normalized spacial score (nSPS) is 12.3. The number of hydrogen-bond donors (Lipinski definition) is 0. The SMILES string of the molecule is CC(=O)c1ccc2c3c(cccc13)C(=O)c1ccccc1-2. The highest BCUT2D eigenvalue weighted by Gasteiger charge is 2.25. The number of rotatable bonds is 1. The zero-order chi connectivity index (χ0) is 14.6. The number of hydrogen-bond acceptors (Lipinski definition) is 2. The first-order valence-corrected chi connectivity index (χ1v) is 6.89. The van der Waals surface area contributed by atoms with Crippen LogP contribution >= 0.6 is 0 Å². The highest BCUT2D eigenvalue weighted by atomic mass is 16.1. The van der Waals surface area contributed by atoms with Gasteiger partial charge in [-0.15, -0.1) is 0 Å². The molecule has 3 aromatic rings. The van der Waals surface area contributed by atoms with Crippen LogP contribution in [0.25, 0.3) is 21.9 Å². The first-order chi connectivity index (χ1) is 10.2. The third-order valence-electron chi connectivity index (χ3n) is 4.13. The Labute approximate surface area is 122 Å². The van der Waals surface area contributed by atoms with Crippen LogP contribution in [-0.2, 0) is 0 Å². The molecule has 0 spiro atoms. The lowest BCUT2D eigenvalue weighted by atomic mass is 9.81. The fraction of sp³-hybridized carbons (Fsp3) is 0.0526. The molecule has 0 saturated heterocycles. The molecule has 0 amide bonds. The van der Waals surface area contributed by atoms with E-state index in [0.717, 1.165) is 27.5 Å². The summed E-state index contributed by atoms with van der Waals surface area (Å²) in [6.45, 7) is 1.56. The average molecular weight is 272 g/mol. The second-order valence-corrected chi connectivity index (χ2v) is 5.32. The summed E-state index contributed by atoms with van der Waals surface area (Å²) in [6, 6.07) is 17.1. The summed E-state index contributed by atoms with van der Waals surface area (Å²) in [5.41, 5.74) is 4.06. The molecular formula is C19H12O2. The summed E-state index contributed by atoms with van der Waals surface area (Å²) in [4.78, 5) is 24.5. The third-order valence-corrected chi connectivity index (χ3v) is 4.13. The van der Waals surface area contributed by atoms with E-state index in [1.807, 2.05) is 54.6 Å². The number of Topliss-reactive ketones (excluding diaryl/α,β-unsaturated/α-hetero) is 1. The maximum absolute atomic E-state index is 12.7. The summed E-state index contributed by atoms with van der Waals surface area (Å²) in [5.74, 6) is 0.0504. The van der Waals surface area contributed by atoms with Crippen LogP contribution in [0.15, 0.2) is 54.6 Å². The molecule has 100 valence electrons. The Morgan fingerprint density at radius 1 is 0.762 bits per heavy atom. The first kappa shape index (κ1) is 12.0. The average Bonchev–Trinajstić information content (AvgIpc) is 2.51. The number of carbonyl (C=O) groups excluding carboxylic acids is 2. The molecule has 0 radical (unpaired) electrons. The number of fused-ring (bicyclic) bond motifs is 2. The summed E-state index contributed by atoms with van der Waals surface area (Å²) >= 11 is 0. The zero-order valence-corrected chi connectivity index (χ0v) is 11.5. The van der Waals surface area contributed by atoms with Gasteiger partial charge in [-0.2, -0.15) is 0 Å². The van der Waals surface area contributed by atoms with Crippen LogP contribution in [0.4, 0.5) is 0 Å². The highest BCUT2D eigenvalue weighted by molar-refractivity contribution is 6.27. The van der Waals surface area contributed by atoms with Gasteiger partial charge in [0.2, 0.25) is 0 Å². The summed E-state index contributed by atoms with van der Waals surface area (Å²) in [6.07, 6.45) is 0. The van der Waals surface area contributed by atoms with E-state index in [4.69, 9.17) is 0 Å². The van der Waals surface area contributed by atoms with Crippen molar-refractivity contribution in [2.45, 2.75) is 6.92 Å². The van der Waals surface area contributed by atoms with Gasteiger partial charge in [0, 0.05) is 22.1 Å². The molecule has 1 aliphatic rings. The lowest BCUT2D eigenvalue weighted by Crippen LogP contribution is -2.10. The lowest BCUT2D eigenvalue weighted by molar-refractivity contribution is 0.101. The minimum Gasteiger partial charge on any atom is -0.294 e. The summed E-state index contributed by atoms with van der Waals surface area (Å²) in [7, 11) is 0. The van der Waals surface area contributed by atoms with Crippen LogP contribution in [0.3, 0.4) is 0 Å². The van der Waals surface area contributed by atoms with Gasteiger partial charge in [0.1, 0.15) is 0 Å². The summed E-state index contributed by atoms with van der Waals surface area (Å²) < 4.78 is 0. The molecule has 2 nitrogen and oxygen atoms in total. The number of carbonyl (C=O) groups is 2. The first-order valence-electron chi connectivity index (χ1n) is 6.89. The van der Waals surface area contributed by atoms with E-state index in [-0.39, 0.29) is 11.6 Å². The number of ketones is 2. The molecule has 0 bridgehead atoms. The van der Waals surface area contributed by atoms with E-state index in [2.05, 4.69) is 0 Å². The van der Waals surface area contributed by atoms with Crippen molar-refractivity contribution < 1.29 is 9.59 Å². The topological polar surface area (TPSA) is 34.1 Å². The minimum atomic E-state index is 0.0185. The lowest BCUT2D eigenvalue weighted by Gasteiger charge is -2.20. The van der Waals surface area contributed by atoms with Gasteiger partial charge in [-0.3, -0.25) is 9.59 Å². The Balaban J connectivity index is 2.23. The van der Waals surface area contributed by atoms with E-state index in [9.17, 15) is 9.59 Å². The molecule has 3 aromatic carbocycles. The summed E-state index contributed by atoms with van der Waals surface area (Å²) in [5, 5.41) is 1.76. The van der Waals surface area contributed by atoms with Gasteiger partial charge < -0.3 is 0 Å². The fourth-order valence-corrected chi connectivity index (χ4v) is 3.19. The molecule has 0 saturated carbocycles. The standard InChI is InChI=1S/C19H12O2/c1-11(20)12-9-10-15-13-5-2-3-6-16(13)19(21)17-8-4-7-14(12)18(15)17/h2-10H,1H3. The Bertz CT molecular complexity index is 935. The molecule has 0 N–H and O–H groups in total. The highest BCUT2D eigenvalue weighted by Crippen LogP contribution is 2.40. The molecule has 0 atom stereocenters.